The van der Waals surface area contributed by atoms with Crippen LogP contribution in [0, 0.1) is 16.2 Å². The Morgan fingerprint density at radius 2 is 0.848 bits per heavy atom. The van der Waals surface area contributed by atoms with Crippen molar-refractivity contribution in [2.45, 2.75) is 214 Å². The first-order valence-electron chi connectivity index (χ1n) is 34.7. The number of rotatable bonds is 9. The number of anilines is 3. The van der Waals surface area contributed by atoms with Crippen molar-refractivity contribution in [1.29, 1.82) is 0 Å². The van der Waals surface area contributed by atoms with Gasteiger partial charge in [0.1, 0.15) is 11.2 Å². The normalized spacial score (nSPS) is 19.3. The standard InChI is InChI=1S/C26H31Cl2N5O2S.C21H23Cl2N5S.C20H28BrN5O2.C6H4Cl2S.3CH4/c1-25(2,3)35-24(34)31-20-8-5-9-26(20)10-13-32(14-11-26)23-30-16-19(22-29-12-15-33(22)23)36-18-7-4-6-17(27)21(18)28;22-14-3-1-4-15(18(14)23)29-16-13-26-20(28-12-9-25-19(16)28)27-10-7-21(8-11-27)6-2-5-17(21)24;1-19(2,3)28-18(27)24-15-5-4-6-20(15)7-10-25(11-8-20)17-23-13-14(21)16-22-9-12-26(16)17;7-4-2-1-3-5(9)6(4)8;;;/h4,6-7,12,15-16,20H,5,8-11,13-14H2,1-3H3,(H,31,34);1,3-4,9,12-13,17H,2,5-8,10-11,24H2;9,12-13,15H,4-8,10-11H2,1-3H3,(H,24,27);1-3,9H;3*1H4/t20-;17-;15-;;;;/m111..../s1. The molecule has 19 nitrogen and oxygen atoms in total. The molecule has 3 aliphatic heterocycles. The fraction of sp³-hybridized carbons (Fsp3) is 0.500. The van der Waals surface area contributed by atoms with Gasteiger partial charge in [0.15, 0.2) is 16.9 Å². The zero-order valence-electron chi connectivity index (χ0n) is 58.0. The minimum absolute atomic E-state index is 0. The first-order chi connectivity index (χ1) is 48.7. The van der Waals surface area contributed by atoms with Crippen LogP contribution in [0.25, 0.3) is 16.9 Å². The Kier molecular flexibility index (Phi) is 28.4. The van der Waals surface area contributed by atoms with E-state index in [1.807, 2.05) is 118 Å². The van der Waals surface area contributed by atoms with E-state index >= 15 is 0 Å². The number of amides is 2. The minimum atomic E-state index is -0.496. The molecule has 0 radical (unpaired) electrons. The molecule has 0 bridgehead atoms. The van der Waals surface area contributed by atoms with E-state index in [9.17, 15) is 9.59 Å². The second kappa shape index (κ2) is 35.6. The molecule has 3 aromatic carbocycles. The third kappa shape index (κ3) is 19.3. The summed E-state index contributed by atoms with van der Waals surface area (Å²) in [6.45, 7) is 17.0. The van der Waals surface area contributed by atoms with Crippen LogP contribution in [0.5, 0.6) is 0 Å². The Bertz CT molecular complexity index is 4430. The van der Waals surface area contributed by atoms with E-state index in [4.69, 9.17) is 94.8 Å². The number of hydrogen-bond acceptors (Lipinski definition) is 17. The highest BCUT2D eigenvalue weighted by molar-refractivity contribution is 9.10. The van der Waals surface area contributed by atoms with Gasteiger partial charge in [0.25, 0.3) is 0 Å². The molecular weight excluding hydrogens is 1580 g/mol. The summed E-state index contributed by atoms with van der Waals surface area (Å²) in [7, 11) is 0. The van der Waals surface area contributed by atoms with Crippen molar-refractivity contribution in [2.24, 2.45) is 22.0 Å². The van der Waals surface area contributed by atoms with Crippen LogP contribution in [0.4, 0.5) is 27.4 Å². The molecule has 6 aromatic heterocycles. The van der Waals surface area contributed by atoms with Crippen molar-refractivity contribution < 1.29 is 19.1 Å². The van der Waals surface area contributed by atoms with Crippen molar-refractivity contribution in [2.75, 3.05) is 54.0 Å². The molecule has 6 aliphatic rings. The van der Waals surface area contributed by atoms with Crippen LogP contribution in [0.1, 0.15) is 160 Å². The quantitative estimate of drug-likeness (QED) is 0.0993. The topological polar surface area (TPSA) is 203 Å². The lowest BCUT2D eigenvalue weighted by atomic mass is 9.74. The largest absolute Gasteiger partial charge is 0.444 e. The number of aromatic nitrogens is 9. The zero-order chi connectivity index (χ0) is 72.3. The summed E-state index contributed by atoms with van der Waals surface area (Å²) < 4.78 is 18.1. The van der Waals surface area contributed by atoms with Gasteiger partial charge >= 0.3 is 12.2 Å². The molecule has 9 heterocycles. The highest BCUT2D eigenvalue weighted by atomic mass is 79.9. The van der Waals surface area contributed by atoms with Crippen LogP contribution >= 0.6 is 122 Å². The molecule has 0 unspecified atom stereocenters. The number of imidazole rings is 3. The summed E-state index contributed by atoms with van der Waals surface area (Å²) >= 11 is 47.1. The maximum absolute atomic E-state index is 12.5. The van der Waals surface area contributed by atoms with Gasteiger partial charge in [0.2, 0.25) is 17.8 Å². The van der Waals surface area contributed by atoms with E-state index in [1.54, 1.807) is 42.7 Å². The molecule has 568 valence electrons. The van der Waals surface area contributed by atoms with Crippen LogP contribution < -0.4 is 31.1 Å². The van der Waals surface area contributed by atoms with Gasteiger partial charge in [-0.3, -0.25) is 13.2 Å². The Morgan fingerprint density at radius 1 is 0.495 bits per heavy atom. The second-order valence-electron chi connectivity index (χ2n) is 29.2. The maximum atomic E-state index is 12.5. The number of carbonyl (C=O) groups excluding carboxylic acids is 2. The number of alkyl carbamates (subject to hydrolysis) is 2. The number of thiol groups is 1. The molecular formula is C76H98BrCl6N15O4S3. The Hall–Kier alpha value is -5.31. The molecule has 3 saturated heterocycles. The molecule has 2 amide bonds. The number of nitrogens with two attached hydrogens (primary N) is 1. The Morgan fingerprint density at radius 3 is 1.23 bits per heavy atom. The van der Waals surface area contributed by atoms with E-state index < -0.39 is 11.2 Å². The highest BCUT2D eigenvalue weighted by Crippen LogP contribution is 2.50. The van der Waals surface area contributed by atoms with E-state index in [2.05, 4.69) is 78.2 Å². The van der Waals surface area contributed by atoms with E-state index in [0.29, 0.717) is 46.5 Å². The fourth-order valence-corrected chi connectivity index (χ4v) is 19.2. The lowest BCUT2D eigenvalue weighted by molar-refractivity contribution is 0.0431. The molecule has 3 saturated carbocycles. The molecule has 105 heavy (non-hydrogen) atoms. The summed E-state index contributed by atoms with van der Waals surface area (Å²) in [4.78, 5) is 64.0. The van der Waals surface area contributed by atoms with Crippen molar-refractivity contribution in [1.82, 2.24) is 53.7 Å². The predicted octanol–water partition coefficient (Wildman–Crippen LogP) is 21.5. The number of carbonyl (C=O) groups is 2. The van der Waals surface area contributed by atoms with Crippen molar-refractivity contribution in [3.63, 3.8) is 0 Å². The van der Waals surface area contributed by atoms with E-state index in [-0.39, 0.29) is 57.4 Å². The summed E-state index contributed by atoms with van der Waals surface area (Å²) in [5.74, 6) is 2.76. The summed E-state index contributed by atoms with van der Waals surface area (Å²) in [6.07, 6.45) is 33.0. The molecule has 15 rings (SSSR count). The highest BCUT2D eigenvalue weighted by Gasteiger charge is 2.48. The van der Waals surface area contributed by atoms with Gasteiger partial charge in [0.05, 0.1) is 44.4 Å². The van der Waals surface area contributed by atoms with Crippen LogP contribution in [-0.4, -0.2) is 124 Å². The van der Waals surface area contributed by atoms with Gasteiger partial charge in [-0.1, -0.05) is 153 Å². The fourth-order valence-electron chi connectivity index (χ4n) is 15.4. The van der Waals surface area contributed by atoms with Crippen LogP contribution in [0.2, 0.25) is 30.1 Å². The monoisotopic (exact) mass is 1670 g/mol. The summed E-state index contributed by atoms with van der Waals surface area (Å²) in [5, 5.41) is 9.58. The van der Waals surface area contributed by atoms with Crippen molar-refractivity contribution >= 4 is 169 Å². The van der Waals surface area contributed by atoms with Gasteiger partial charge in [-0.2, -0.15) is 0 Å². The lowest BCUT2D eigenvalue weighted by Gasteiger charge is -2.43. The number of nitrogens with zero attached hydrogens (tertiary/aromatic N) is 12. The van der Waals surface area contributed by atoms with Crippen molar-refractivity contribution in [3.05, 3.63) is 145 Å². The maximum Gasteiger partial charge on any atom is 0.407 e. The molecule has 3 spiro atoms. The average molecular weight is 1670 g/mol. The summed E-state index contributed by atoms with van der Waals surface area (Å²) in [5.41, 5.74) is 8.70. The number of ether oxygens (including phenoxy) is 2. The minimum Gasteiger partial charge on any atom is -0.444 e. The number of benzene rings is 3. The van der Waals surface area contributed by atoms with Crippen molar-refractivity contribution in [3.8, 4) is 0 Å². The number of hydrogen-bond donors (Lipinski definition) is 4. The van der Waals surface area contributed by atoms with Gasteiger partial charge in [-0.05, 0) is 187 Å². The average Bonchev–Trinajstić information content (AvgIpc) is 1.70. The van der Waals surface area contributed by atoms with Gasteiger partial charge < -0.3 is 40.5 Å². The first-order valence-corrected chi connectivity index (χ1v) is 39.8. The lowest BCUT2D eigenvalue weighted by Crippen LogP contribution is -2.51. The number of halogens is 7. The smallest absolute Gasteiger partial charge is 0.407 e. The molecule has 29 heteroatoms. The van der Waals surface area contributed by atoms with Gasteiger partial charge in [-0.25, -0.2) is 39.5 Å². The van der Waals surface area contributed by atoms with E-state index in [1.165, 1.54) is 42.8 Å². The van der Waals surface area contributed by atoms with Gasteiger partial charge in [0, 0.05) is 128 Å². The SMILES string of the molecule is C.C.C.CC(C)(C)OC(=O)N[C@@H]1CCCC12CCN(c1ncc(Br)c3nccn13)CC2.CC(C)(C)OC(=O)N[C@@H]1CCCC12CCN(c1ncc(Sc3cccc(Cl)c3Cl)c3nccn13)CC2.N[C@@H]1CCCC12CCN(c1ncc(Sc3cccc(Cl)c3Cl)c3nccn13)CC2.Sc1cccc(Cl)c1Cl. The zero-order valence-corrected chi connectivity index (χ0v) is 66.6. The predicted molar refractivity (Wildman–Crippen MR) is 439 cm³/mol. The second-order valence-corrected chi connectivity index (χ2v) is 35.1. The first kappa shape index (κ1) is 83.7. The molecule has 3 aliphatic carbocycles. The third-order valence-electron chi connectivity index (χ3n) is 20.6. The molecule has 4 N–H and O–H groups in total. The van der Waals surface area contributed by atoms with Crippen LogP contribution in [0.15, 0.2) is 139 Å². The van der Waals surface area contributed by atoms with Gasteiger partial charge in [-0.15, -0.1) is 12.6 Å². The number of nitrogens with one attached hydrogen (secondary N) is 2. The molecule has 3 atom stereocenters. The third-order valence-corrected chi connectivity index (χ3v) is 26.5. The van der Waals surface area contributed by atoms with Crippen LogP contribution in [0.3, 0.4) is 0 Å². The molecule has 9 aromatic rings. The number of piperidine rings is 3. The van der Waals surface area contributed by atoms with Crippen LogP contribution in [-0.2, 0) is 9.47 Å². The summed E-state index contributed by atoms with van der Waals surface area (Å²) in [6, 6.07) is 17.3. The van der Waals surface area contributed by atoms with E-state index in [0.717, 1.165) is 175 Å². The number of fused-ring (bicyclic) bond motifs is 3. The molecule has 6 fully saturated rings. The Labute approximate surface area is 670 Å². The Balaban J connectivity index is 0.000000171.